The van der Waals surface area contributed by atoms with Gasteiger partial charge >= 0.3 is 5.97 Å². The summed E-state index contributed by atoms with van der Waals surface area (Å²) in [4.78, 5) is 23.8. The molecule has 0 heterocycles. The van der Waals surface area contributed by atoms with Crippen LogP contribution in [-0.2, 0) is 25.9 Å². The van der Waals surface area contributed by atoms with Gasteiger partial charge in [-0.2, -0.15) is 0 Å². The monoisotopic (exact) mass is 379 g/mol. The van der Waals surface area contributed by atoms with Gasteiger partial charge in [-0.05, 0) is 29.8 Å². The van der Waals surface area contributed by atoms with E-state index >= 15 is 0 Å². The number of carbonyl (C=O) groups is 2. The van der Waals surface area contributed by atoms with Crippen LogP contribution in [0.1, 0.15) is 22.8 Å². The lowest BCUT2D eigenvalue weighted by Gasteiger charge is -2.10. The Hall–Kier alpha value is -2.74. The van der Waals surface area contributed by atoms with E-state index in [-0.39, 0.29) is 28.6 Å². The minimum absolute atomic E-state index is 0.110. The Labute approximate surface area is 150 Å². The van der Waals surface area contributed by atoms with E-state index in [0.29, 0.717) is 5.56 Å². The van der Waals surface area contributed by atoms with E-state index in [1.54, 1.807) is 0 Å². The molecule has 0 fully saturated rings. The third-order valence-electron chi connectivity index (χ3n) is 3.56. The largest absolute Gasteiger partial charge is 0.452 e. The normalized spacial score (nSPS) is 11.0. The second-order valence-corrected chi connectivity index (χ2v) is 7.63. The highest BCUT2D eigenvalue weighted by atomic mass is 32.2. The van der Waals surface area contributed by atoms with Crippen molar-refractivity contribution in [2.45, 2.75) is 18.4 Å². The molecule has 1 amide bonds. The molecule has 6 nitrogen and oxygen atoms in total. The maximum absolute atomic E-state index is 12.8. The van der Waals surface area contributed by atoms with E-state index in [9.17, 15) is 22.4 Å². The summed E-state index contributed by atoms with van der Waals surface area (Å²) in [6, 6.07) is 11.3. The van der Waals surface area contributed by atoms with Crippen LogP contribution < -0.4 is 5.32 Å². The number of carbonyl (C=O) groups excluding carboxylic acids is 2. The third kappa shape index (κ3) is 5.13. The average Bonchev–Trinajstić information content (AvgIpc) is 2.65. The minimum Gasteiger partial charge on any atom is -0.452 e. The standard InChI is InChI=1S/C18H18FNO5S/c1-2-26(23,24)16-6-4-3-5-15(16)18(22)25-12-17(21)20-11-13-7-9-14(19)10-8-13/h3-10H,2,11-12H2,1H3,(H,20,21). The van der Waals surface area contributed by atoms with Gasteiger partial charge in [0.1, 0.15) is 5.82 Å². The number of esters is 1. The van der Waals surface area contributed by atoms with Crippen molar-refractivity contribution in [2.75, 3.05) is 12.4 Å². The number of amides is 1. The molecule has 0 atom stereocenters. The van der Waals surface area contributed by atoms with Crippen molar-refractivity contribution >= 4 is 21.7 Å². The minimum atomic E-state index is -3.59. The summed E-state index contributed by atoms with van der Waals surface area (Å²) in [6.07, 6.45) is 0. The molecule has 2 aromatic rings. The lowest BCUT2D eigenvalue weighted by atomic mass is 10.2. The van der Waals surface area contributed by atoms with Crippen molar-refractivity contribution in [1.82, 2.24) is 5.32 Å². The second kappa shape index (κ2) is 8.57. The molecular weight excluding hydrogens is 361 g/mol. The number of halogens is 1. The number of sulfone groups is 1. The van der Waals surface area contributed by atoms with Crippen molar-refractivity contribution < 1.29 is 27.1 Å². The van der Waals surface area contributed by atoms with Crippen molar-refractivity contribution in [2.24, 2.45) is 0 Å². The molecule has 2 rings (SSSR count). The molecule has 0 saturated carbocycles. The van der Waals surface area contributed by atoms with Gasteiger partial charge in [-0.25, -0.2) is 17.6 Å². The average molecular weight is 379 g/mol. The summed E-state index contributed by atoms with van der Waals surface area (Å²) < 4.78 is 41.8. The first-order valence-electron chi connectivity index (χ1n) is 7.83. The van der Waals surface area contributed by atoms with E-state index in [1.165, 1.54) is 55.5 Å². The van der Waals surface area contributed by atoms with Crippen LogP contribution in [0.25, 0.3) is 0 Å². The highest BCUT2D eigenvalue weighted by molar-refractivity contribution is 7.91. The van der Waals surface area contributed by atoms with Crippen LogP contribution in [-0.4, -0.2) is 32.7 Å². The fraction of sp³-hybridized carbons (Fsp3) is 0.222. The topological polar surface area (TPSA) is 89.5 Å². The summed E-state index contributed by atoms with van der Waals surface area (Å²) in [5.41, 5.74) is 0.575. The summed E-state index contributed by atoms with van der Waals surface area (Å²) in [5, 5.41) is 2.52. The molecule has 0 saturated heterocycles. The van der Waals surface area contributed by atoms with E-state index in [2.05, 4.69) is 5.32 Å². The Morgan fingerprint density at radius 3 is 2.38 bits per heavy atom. The molecule has 0 unspecified atom stereocenters. The predicted octanol–water partition coefficient (Wildman–Crippen LogP) is 2.09. The van der Waals surface area contributed by atoms with Crippen LogP contribution in [0, 0.1) is 5.82 Å². The number of hydrogen-bond acceptors (Lipinski definition) is 5. The number of nitrogens with one attached hydrogen (secondary N) is 1. The Morgan fingerprint density at radius 2 is 1.73 bits per heavy atom. The van der Waals surface area contributed by atoms with Crippen LogP contribution in [0.4, 0.5) is 4.39 Å². The van der Waals surface area contributed by atoms with Gasteiger partial charge in [0.15, 0.2) is 16.4 Å². The van der Waals surface area contributed by atoms with Crippen molar-refractivity contribution in [3.05, 3.63) is 65.5 Å². The molecule has 26 heavy (non-hydrogen) atoms. The van der Waals surface area contributed by atoms with Crippen molar-refractivity contribution in [3.8, 4) is 0 Å². The highest BCUT2D eigenvalue weighted by Crippen LogP contribution is 2.18. The summed E-state index contributed by atoms with van der Waals surface area (Å²) in [7, 11) is -3.59. The quantitative estimate of drug-likeness (QED) is 0.744. The highest BCUT2D eigenvalue weighted by Gasteiger charge is 2.22. The molecule has 2 aromatic carbocycles. The molecular formula is C18H18FNO5S. The van der Waals surface area contributed by atoms with Crippen molar-refractivity contribution in [3.63, 3.8) is 0 Å². The molecule has 0 spiro atoms. The maximum Gasteiger partial charge on any atom is 0.339 e. The molecule has 0 bridgehead atoms. The van der Waals surface area contributed by atoms with Gasteiger partial charge in [0, 0.05) is 6.54 Å². The number of benzene rings is 2. The van der Waals surface area contributed by atoms with Gasteiger partial charge in [0.25, 0.3) is 5.91 Å². The fourth-order valence-electron chi connectivity index (χ4n) is 2.12. The van der Waals surface area contributed by atoms with Crippen LogP contribution >= 0.6 is 0 Å². The molecule has 0 aliphatic rings. The zero-order valence-corrected chi connectivity index (χ0v) is 14.9. The lowest BCUT2D eigenvalue weighted by Crippen LogP contribution is -2.28. The molecule has 0 aliphatic heterocycles. The van der Waals surface area contributed by atoms with Crippen molar-refractivity contribution in [1.29, 1.82) is 0 Å². The van der Waals surface area contributed by atoms with Crippen LogP contribution in [0.2, 0.25) is 0 Å². The zero-order chi connectivity index (χ0) is 19.2. The predicted molar refractivity (Wildman–Crippen MR) is 92.7 cm³/mol. The molecule has 138 valence electrons. The Bertz CT molecular complexity index is 894. The van der Waals surface area contributed by atoms with E-state index in [4.69, 9.17) is 4.74 Å². The summed E-state index contributed by atoms with van der Waals surface area (Å²) in [6.45, 7) is 1.07. The number of hydrogen-bond donors (Lipinski definition) is 1. The number of ether oxygens (including phenoxy) is 1. The first-order chi connectivity index (χ1) is 12.3. The Morgan fingerprint density at radius 1 is 1.08 bits per heavy atom. The summed E-state index contributed by atoms with van der Waals surface area (Å²) >= 11 is 0. The fourth-order valence-corrected chi connectivity index (χ4v) is 3.21. The number of rotatable bonds is 7. The van der Waals surface area contributed by atoms with Crippen LogP contribution in [0.5, 0.6) is 0 Å². The Balaban J connectivity index is 1.94. The smallest absolute Gasteiger partial charge is 0.339 e. The summed E-state index contributed by atoms with van der Waals surface area (Å²) in [5.74, 6) is -1.99. The molecule has 8 heteroatoms. The first-order valence-corrected chi connectivity index (χ1v) is 9.48. The molecule has 0 aliphatic carbocycles. The van der Waals surface area contributed by atoms with Gasteiger partial charge in [-0.1, -0.05) is 31.2 Å². The second-order valence-electron chi connectivity index (χ2n) is 5.38. The third-order valence-corrected chi connectivity index (χ3v) is 5.35. The van der Waals surface area contributed by atoms with E-state index < -0.39 is 28.3 Å². The van der Waals surface area contributed by atoms with Crippen LogP contribution in [0.15, 0.2) is 53.4 Å². The van der Waals surface area contributed by atoms with Gasteiger partial charge in [0.05, 0.1) is 16.2 Å². The van der Waals surface area contributed by atoms with Crippen LogP contribution in [0.3, 0.4) is 0 Å². The van der Waals surface area contributed by atoms with E-state index in [0.717, 1.165) is 0 Å². The van der Waals surface area contributed by atoms with Gasteiger partial charge in [0.2, 0.25) is 0 Å². The first kappa shape index (κ1) is 19.6. The lowest BCUT2D eigenvalue weighted by molar-refractivity contribution is -0.124. The van der Waals surface area contributed by atoms with Gasteiger partial charge in [-0.15, -0.1) is 0 Å². The van der Waals surface area contributed by atoms with E-state index in [1.807, 2.05) is 0 Å². The molecule has 0 radical (unpaired) electrons. The molecule has 1 N–H and O–H groups in total. The van der Waals surface area contributed by atoms with Gasteiger partial charge < -0.3 is 10.1 Å². The SMILES string of the molecule is CCS(=O)(=O)c1ccccc1C(=O)OCC(=O)NCc1ccc(F)cc1. The maximum atomic E-state index is 12.8. The van der Waals surface area contributed by atoms with Gasteiger partial charge in [-0.3, -0.25) is 4.79 Å². The molecule has 0 aromatic heterocycles. The Kier molecular flexibility index (Phi) is 6.46. The zero-order valence-electron chi connectivity index (χ0n) is 14.1.